The van der Waals surface area contributed by atoms with Gasteiger partial charge in [0.25, 0.3) is 5.91 Å². The van der Waals surface area contributed by atoms with E-state index in [4.69, 9.17) is 9.47 Å². The number of para-hydroxylation sites is 1. The van der Waals surface area contributed by atoms with E-state index in [-0.39, 0.29) is 11.9 Å². The summed E-state index contributed by atoms with van der Waals surface area (Å²) in [7, 11) is 5.13. The first-order valence-electron chi connectivity index (χ1n) is 10.2. The van der Waals surface area contributed by atoms with Crippen molar-refractivity contribution in [3.63, 3.8) is 0 Å². The minimum atomic E-state index is -0.0804. The van der Waals surface area contributed by atoms with Crippen LogP contribution >= 0.6 is 0 Å². The molecule has 0 radical (unpaired) electrons. The molecule has 6 heteroatoms. The van der Waals surface area contributed by atoms with E-state index in [0.29, 0.717) is 17.2 Å². The van der Waals surface area contributed by atoms with Gasteiger partial charge >= 0.3 is 0 Å². The number of carbonyl (C=O) groups is 1. The zero-order chi connectivity index (χ0) is 20.8. The topological polar surface area (TPSA) is 68.3 Å². The van der Waals surface area contributed by atoms with E-state index in [1.807, 2.05) is 35.9 Å². The first kappa shape index (κ1) is 18.6. The summed E-state index contributed by atoms with van der Waals surface area (Å²) >= 11 is 0. The minimum absolute atomic E-state index is 0.0178. The molecule has 2 heterocycles. The lowest BCUT2D eigenvalue weighted by Gasteiger charge is -2.24. The van der Waals surface area contributed by atoms with Crippen molar-refractivity contribution >= 4 is 27.7 Å². The van der Waals surface area contributed by atoms with Crippen LogP contribution in [0.15, 0.2) is 42.5 Å². The van der Waals surface area contributed by atoms with Gasteiger partial charge in [0.15, 0.2) is 11.5 Å². The highest BCUT2D eigenvalue weighted by atomic mass is 16.5. The standard InChI is InChI=1S/C24H25N3O3/c1-27-19-13-22(30-3)21(29-2)12-14(19)11-20(27)24(28)26-18-10-6-8-16-15-7-4-5-9-17(15)25-23(16)18/h4-5,7,9,11-13,18,25H,6,8,10H2,1-3H3,(H,26,28)/t18-/m1/s1. The summed E-state index contributed by atoms with van der Waals surface area (Å²) in [6, 6.07) is 14.0. The lowest BCUT2D eigenvalue weighted by Crippen LogP contribution is -2.32. The number of methoxy groups -OCH3 is 2. The second-order valence-electron chi connectivity index (χ2n) is 7.84. The van der Waals surface area contributed by atoms with E-state index >= 15 is 0 Å². The molecule has 154 valence electrons. The summed E-state index contributed by atoms with van der Waals surface area (Å²) in [5.41, 5.74) is 5.13. The molecule has 1 aliphatic rings. The van der Waals surface area contributed by atoms with Gasteiger partial charge in [-0.2, -0.15) is 0 Å². The quantitative estimate of drug-likeness (QED) is 0.528. The lowest BCUT2D eigenvalue weighted by atomic mass is 9.91. The number of hydrogen-bond donors (Lipinski definition) is 2. The number of fused-ring (bicyclic) bond motifs is 4. The van der Waals surface area contributed by atoms with Crippen LogP contribution in [0.5, 0.6) is 11.5 Å². The van der Waals surface area contributed by atoms with Crippen molar-refractivity contribution < 1.29 is 14.3 Å². The molecule has 5 rings (SSSR count). The zero-order valence-electron chi connectivity index (χ0n) is 17.4. The third-order valence-corrected chi connectivity index (χ3v) is 6.20. The Morgan fingerprint density at radius 2 is 1.90 bits per heavy atom. The fraction of sp³-hybridized carbons (Fsp3) is 0.292. The molecule has 0 aliphatic heterocycles. The molecule has 2 aromatic carbocycles. The van der Waals surface area contributed by atoms with Gasteiger partial charge < -0.3 is 24.3 Å². The number of aromatic amines is 1. The van der Waals surface area contributed by atoms with Gasteiger partial charge in [-0.05, 0) is 43.0 Å². The summed E-state index contributed by atoms with van der Waals surface area (Å²) < 4.78 is 12.7. The van der Waals surface area contributed by atoms with Crippen molar-refractivity contribution in [2.24, 2.45) is 7.05 Å². The molecule has 30 heavy (non-hydrogen) atoms. The minimum Gasteiger partial charge on any atom is -0.493 e. The van der Waals surface area contributed by atoms with Crippen LogP contribution in [0.2, 0.25) is 0 Å². The summed E-state index contributed by atoms with van der Waals surface area (Å²) in [5.74, 6) is 1.22. The molecule has 1 atom stereocenters. The Balaban J connectivity index is 1.49. The van der Waals surface area contributed by atoms with E-state index in [9.17, 15) is 4.79 Å². The smallest absolute Gasteiger partial charge is 0.268 e. The fourth-order valence-corrected chi connectivity index (χ4v) is 4.67. The van der Waals surface area contributed by atoms with Crippen LogP contribution in [-0.2, 0) is 13.5 Å². The second-order valence-corrected chi connectivity index (χ2v) is 7.84. The maximum absolute atomic E-state index is 13.2. The van der Waals surface area contributed by atoms with Crippen LogP contribution in [-0.4, -0.2) is 29.7 Å². The van der Waals surface area contributed by atoms with Crippen molar-refractivity contribution in [3.05, 3.63) is 59.4 Å². The van der Waals surface area contributed by atoms with Crippen LogP contribution in [0.25, 0.3) is 21.8 Å². The molecule has 0 fully saturated rings. The van der Waals surface area contributed by atoms with E-state index in [1.54, 1.807) is 14.2 Å². The van der Waals surface area contributed by atoms with Crippen LogP contribution in [0, 0.1) is 0 Å². The number of aromatic nitrogens is 2. The Hall–Kier alpha value is -3.41. The van der Waals surface area contributed by atoms with Crippen LogP contribution in [0.4, 0.5) is 0 Å². The molecule has 0 saturated heterocycles. The molecule has 1 aliphatic carbocycles. The van der Waals surface area contributed by atoms with Crippen molar-refractivity contribution in [2.45, 2.75) is 25.3 Å². The number of nitrogens with one attached hydrogen (secondary N) is 2. The summed E-state index contributed by atoms with van der Waals surface area (Å²) in [4.78, 5) is 16.8. The lowest BCUT2D eigenvalue weighted by molar-refractivity contribution is 0.0924. The van der Waals surface area contributed by atoms with Crippen molar-refractivity contribution in [2.75, 3.05) is 14.2 Å². The second kappa shape index (κ2) is 7.13. The third kappa shape index (κ3) is 2.83. The van der Waals surface area contributed by atoms with Gasteiger partial charge in [0.05, 0.1) is 25.8 Å². The average Bonchev–Trinajstić information content (AvgIpc) is 3.31. The van der Waals surface area contributed by atoms with Gasteiger partial charge in [0, 0.05) is 35.1 Å². The SMILES string of the molecule is COc1cc2cc(C(=O)N[C@@H]3CCCc4c3[nH]c3ccccc43)n(C)c2cc1OC. The van der Waals surface area contributed by atoms with Crippen molar-refractivity contribution in [1.29, 1.82) is 0 Å². The number of rotatable bonds is 4. The Bertz CT molecular complexity index is 1270. The average molecular weight is 403 g/mol. The first-order valence-corrected chi connectivity index (χ1v) is 10.2. The van der Waals surface area contributed by atoms with E-state index < -0.39 is 0 Å². The third-order valence-electron chi connectivity index (χ3n) is 6.20. The van der Waals surface area contributed by atoms with Gasteiger partial charge in [-0.25, -0.2) is 0 Å². The van der Waals surface area contributed by atoms with Gasteiger partial charge in [-0.15, -0.1) is 0 Å². The van der Waals surface area contributed by atoms with Crippen LogP contribution in [0.1, 0.15) is 40.6 Å². The Morgan fingerprint density at radius 1 is 1.13 bits per heavy atom. The summed E-state index contributed by atoms with van der Waals surface area (Å²) in [6.07, 6.45) is 3.03. The number of ether oxygens (including phenoxy) is 2. The van der Waals surface area contributed by atoms with E-state index in [1.165, 1.54) is 10.9 Å². The van der Waals surface area contributed by atoms with E-state index in [2.05, 4.69) is 28.5 Å². The Morgan fingerprint density at radius 3 is 2.70 bits per heavy atom. The normalized spacial score (nSPS) is 15.9. The predicted molar refractivity (Wildman–Crippen MR) is 117 cm³/mol. The van der Waals surface area contributed by atoms with Crippen LogP contribution in [0.3, 0.4) is 0 Å². The highest BCUT2D eigenvalue weighted by Gasteiger charge is 2.27. The number of nitrogens with zero attached hydrogens (tertiary/aromatic N) is 1. The molecular formula is C24H25N3O3. The molecule has 2 aromatic heterocycles. The first-order chi connectivity index (χ1) is 14.6. The molecule has 0 unspecified atom stereocenters. The van der Waals surface area contributed by atoms with Gasteiger partial charge in [0.2, 0.25) is 0 Å². The zero-order valence-corrected chi connectivity index (χ0v) is 17.4. The molecule has 1 amide bonds. The molecule has 0 bridgehead atoms. The Kier molecular flexibility index (Phi) is 4.42. The largest absolute Gasteiger partial charge is 0.493 e. The highest BCUT2D eigenvalue weighted by molar-refractivity contribution is 5.99. The summed E-state index contributed by atoms with van der Waals surface area (Å²) in [6.45, 7) is 0. The maximum atomic E-state index is 13.2. The van der Waals surface area contributed by atoms with Crippen molar-refractivity contribution in [3.8, 4) is 11.5 Å². The number of benzene rings is 2. The molecular weight excluding hydrogens is 378 g/mol. The Labute approximate surface area is 174 Å². The van der Waals surface area contributed by atoms with Gasteiger partial charge in [-0.3, -0.25) is 4.79 Å². The number of amides is 1. The van der Waals surface area contributed by atoms with E-state index in [0.717, 1.165) is 41.4 Å². The molecule has 2 N–H and O–H groups in total. The predicted octanol–water partition coefficient (Wildman–Crippen LogP) is 4.48. The molecule has 6 nitrogen and oxygen atoms in total. The van der Waals surface area contributed by atoms with Crippen LogP contribution < -0.4 is 14.8 Å². The number of hydrogen-bond acceptors (Lipinski definition) is 3. The molecule has 0 spiro atoms. The highest BCUT2D eigenvalue weighted by Crippen LogP contribution is 2.36. The fourth-order valence-electron chi connectivity index (χ4n) is 4.67. The molecule has 4 aromatic rings. The molecule has 0 saturated carbocycles. The number of H-pyrrole nitrogens is 1. The van der Waals surface area contributed by atoms with Crippen molar-refractivity contribution in [1.82, 2.24) is 14.9 Å². The number of carbonyl (C=O) groups excluding carboxylic acids is 1. The van der Waals surface area contributed by atoms with Gasteiger partial charge in [0.1, 0.15) is 5.69 Å². The monoisotopic (exact) mass is 403 g/mol. The summed E-state index contributed by atoms with van der Waals surface area (Å²) in [5, 5.41) is 5.46. The maximum Gasteiger partial charge on any atom is 0.268 e. The number of aryl methyl sites for hydroxylation is 2. The van der Waals surface area contributed by atoms with Gasteiger partial charge in [-0.1, -0.05) is 18.2 Å².